The second kappa shape index (κ2) is 7.40. The van der Waals surface area contributed by atoms with E-state index in [0.717, 1.165) is 16.7 Å². The molecule has 3 aromatic heterocycles. The van der Waals surface area contributed by atoms with Gasteiger partial charge >= 0.3 is 5.97 Å². The summed E-state index contributed by atoms with van der Waals surface area (Å²) < 4.78 is 20.0. The fourth-order valence-corrected chi connectivity index (χ4v) is 4.01. The van der Waals surface area contributed by atoms with Crippen LogP contribution in [-0.4, -0.2) is 29.7 Å². The highest BCUT2D eigenvalue weighted by molar-refractivity contribution is 7.84. The molecule has 0 aliphatic carbocycles. The number of nitrogens with zero attached hydrogens (tertiary/aromatic N) is 3. The third kappa shape index (κ3) is 3.59. The first-order valence-electron chi connectivity index (χ1n) is 8.65. The maximum absolute atomic E-state index is 12.8. The summed E-state index contributed by atoms with van der Waals surface area (Å²) in [6, 6.07) is 11.4. The maximum atomic E-state index is 12.8. The number of hydrogen-bond donors (Lipinski definition) is 1. The van der Waals surface area contributed by atoms with Gasteiger partial charge in [0.05, 0.1) is 33.3 Å². The number of nitrogens with one attached hydrogen (secondary N) is 1. The average molecular weight is 394 g/mol. The lowest BCUT2D eigenvalue weighted by Gasteiger charge is -2.08. The number of ether oxygens (including phenoxy) is 1. The van der Waals surface area contributed by atoms with Gasteiger partial charge in [-0.3, -0.25) is 14.0 Å². The third-order valence-electron chi connectivity index (χ3n) is 4.34. The lowest BCUT2D eigenvalue weighted by Crippen LogP contribution is -2.07. The molecule has 0 aliphatic heterocycles. The number of hydrogen-bond acceptors (Lipinski definition) is 5. The van der Waals surface area contributed by atoms with Crippen molar-refractivity contribution in [2.75, 3.05) is 0 Å². The van der Waals surface area contributed by atoms with Crippen LogP contribution in [0.1, 0.15) is 18.2 Å². The molecule has 3 heterocycles. The van der Waals surface area contributed by atoms with Crippen molar-refractivity contribution >= 4 is 27.8 Å². The molecule has 4 rings (SSSR count). The van der Waals surface area contributed by atoms with Gasteiger partial charge in [-0.2, -0.15) is 0 Å². The van der Waals surface area contributed by atoms with Crippen LogP contribution in [0.15, 0.2) is 60.1 Å². The van der Waals surface area contributed by atoms with Crippen LogP contribution in [0.4, 0.5) is 0 Å². The average Bonchev–Trinajstić information content (AvgIpc) is 3.33. The number of pyridine rings is 1. The highest BCUT2D eigenvalue weighted by atomic mass is 32.2. The fraction of sp³-hybridized carbons (Fsp3) is 0.150. The number of H-pyrrole nitrogens is 1. The quantitative estimate of drug-likeness (QED) is 0.525. The van der Waals surface area contributed by atoms with Crippen molar-refractivity contribution in [3.63, 3.8) is 0 Å². The van der Waals surface area contributed by atoms with Crippen LogP contribution in [0, 0.1) is 6.92 Å². The Morgan fingerprint density at radius 1 is 1.25 bits per heavy atom. The first-order chi connectivity index (χ1) is 13.5. The number of carbonyl (C=O) groups is 1. The van der Waals surface area contributed by atoms with E-state index in [0.29, 0.717) is 22.2 Å². The summed E-state index contributed by atoms with van der Waals surface area (Å²) in [5.41, 5.74) is 3.85. The van der Waals surface area contributed by atoms with E-state index in [4.69, 9.17) is 4.74 Å². The lowest BCUT2D eigenvalue weighted by atomic mass is 10.2. The van der Waals surface area contributed by atoms with Gasteiger partial charge in [-0.1, -0.05) is 0 Å². The summed E-state index contributed by atoms with van der Waals surface area (Å²) in [6.45, 7) is 3.13. The standard InChI is InChI=1S/C20H18N4O3S/c1-13-18(21-8-7-19(13)27-14(2)25)12-28(26)20-22-16-6-5-15(11-17(16)23-20)24-9-3-4-10-24/h3-11H,12H2,1-2H3,(H,22,23). The number of imidazole rings is 1. The second-order valence-electron chi connectivity index (χ2n) is 6.30. The van der Waals surface area contributed by atoms with Gasteiger partial charge in [0, 0.05) is 36.8 Å². The molecule has 0 saturated heterocycles. The molecule has 7 nitrogen and oxygen atoms in total. The molecular weight excluding hydrogens is 376 g/mol. The Balaban J connectivity index is 1.60. The SMILES string of the molecule is CC(=O)Oc1ccnc(CS(=O)c2nc3ccc(-n4cccc4)cc3[nH]2)c1C. The summed E-state index contributed by atoms with van der Waals surface area (Å²) in [4.78, 5) is 23.1. The van der Waals surface area contributed by atoms with Crippen molar-refractivity contribution in [2.45, 2.75) is 24.8 Å². The van der Waals surface area contributed by atoms with E-state index in [1.807, 2.05) is 47.3 Å². The van der Waals surface area contributed by atoms with Gasteiger partial charge in [0.1, 0.15) is 5.75 Å². The number of fused-ring (bicyclic) bond motifs is 1. The third-order valence-corrected chi connectivity index (χ3v) is 5.50. The van der Waals surface area contributed by atoms with E-state index in [-0.39, 0.29) is 5.75 Å². The number of esters is 1. The van der Waals surface area contributed by atoms with Crippen LogP contribution >= 0.6 is 0 Å². The van der Waals surface area contributed by atoms with Gasteiger partial charge in [0.25, 0.3) is 0 Å². The molecule has 1 atom stereocenters. The minimum absolute atomic E-state index is 0.172. The normalized spacial score (nSPS) is 12.2. The Morgan fingerprint density at radius 2 is 2.04 bits per heavy atom. The zero-order valence-electron chi connectivity index (χ0n) is 15.4. The molecule has 0 radical (unpaired) electrons. The van der Waals surface area contributed by atoms with Crippen LogP contribution in [0.25, 0.3) is 16.7 Å². The molecule has 1 N–H and O–H groups in total. The Bertz CT molecular complexity index is 1180. The highest BCUT2D eigenvalue weighted by Crippen LogP contribution is 2.23. The van der Waals surface area contributed by atoms with E-state index in [1.165, 1.54) is 6.92 Å². The molecule has 28 heavy (non-hydrogen) atoms. The Kier molecular flexibility index (Phi) is 4.79. The van der Waals surface area contributed by atoms with Crippen molar-refractivity contribution in [3.8, 4) is 11.4 Å². The van der Waals surface area contributed by atoms with E-state index in [1.54, 1.807) is 19.2 Å². The van der Waals surface area contributed by atoms with Crippen LogP contribution in [-0.2, 0) is 21.3 Å². The topological polar surface area (TPSA) is 89.9 Å². The van der Waals surface area contributed by atoms with Crippen molar-refractivity contribution in [3.05, 3.63) is 66.2 Å². The first kappa shape index (κ1) is 18.1. The largest absolute Gasteiger partial charge is 0.426 e. The number of benzene rings is 1. The molecular formula is C20H18N4O3S. The molecule has 0 amide bonds. The number of aromatic nitrogens is 4. The summed E-state index contributed by atoms with van der Waals surface area (Å²) in [5, 5.41) is 0.388. The van der Waals surface area contributed by atoms with Gasteiger partial charge in [-0.25, -0.2) is 4.98 Å². The monoisotopic (exact) mass is 394 g/mol. The fourth-order valence-electron chi connectivity index (χ4n) is 2.91. The molecule has 0 aliphatic rings. The molecule has 0 fully saturated rings. The summed E-state index contributed by atoms with van der Waals surface area (Å²) in [7, 11) is -1.42. The number of carbonyl (C=O) groups excluding carboxylic acids is 1. The predicted molar refractivity (Wildman–Crippen MR) is 106 cm³/mol. The van der Waals surface area contributed by atoms with Crippen molar-refractivity contribution in [1.82, 2.24) is 19.5 Å². The summed E-state index contributed by atoms with van der Waals surface area (Å²) in [5.74, 6) is 0.193. The minimum atomic E-state index is -1.42. The zero-order chi connectivity index (χ0) is 19.7. The van der Waals surface area contributed by atoms with E-state index in [9.17, 15) is 9.00 Å². The molecule has 0 bridgehead atoms. The van der Waals surface area contributed by atoms with Crippen LogP contribution in [0.5, 0.6) is 5.75 Å². The summed E-state index contributed by atoms with van der Waals surface area (Å²) in [6.07, 6.45) is 5.46. The van der Waals surface area contributed by atoms with Gasteiger partial charge in [-0.05, 0) is 43.3 Å². The molecule has 1 aromatic carbocycles. The van der Waals surface area contributed by atoms with E-state index >= 15 is 0 Å². The smallest absolute Gasteiger partial charge is 0.308 e. The van der Waals surface area contributed by atoms with Crippen molar-refractivity contribution < 1.29 is 13.7 Å². The Morgan fingerprint density at radius 3 is 2.79 bits per heavy atom. The lowest BCUT2D eigenvalue weighted by molar-refractivity contribution is -0.131. The molecule has 142 valence electrons. The first-order valence-corrected chi connectivity index (χ1v) is 9.97. The van der Waals surface area contributed by atoms with Gasteiger partial charge in [0.15, 0.2) is 5.16 Å². The van der Waals surface area contributed by atoms with Crippen LogP contribution in [0.2, 0.25) is 0 Å². The minimum Gasteiger partial charge on any atom is -0.426 e. The Hall–Kier alpha value is -3.26. The van der Waals surface area contributed by atoms with E-state index in [2.05, 4.69) is 15.0 Å². The molecule has 4 aromatic rings. The maximum Gasteiger partial charge on any atom is 0.308 e. The van der Waals surface area contributed by atoms with Gasteiger partial charge in [-0.15, -0.1) is 0 Å². The van der Waals surface area contributed by atoms with Crippen LogP contribution < -0.4 is 4.74 Å². The number of aromatic amines is 1. The zero-order valence-corrected chi connectivity index (χ0v) is 16.2. The predicted octanol–water partition coefficient (Wildman–Crippen LogP) is 3.29. The summed E-state index contributed by atoms with van der Waals surface area (Å²) >= 11 is 0. The highest BCUT2D eigenvalue weighted by Gasteiger charge is 2.16. The van der Waals surface area contributed by atoms with Gasteiger partial charge < -0.3 is 14.3 Å². The molecule has 0 saturated carbocycles. The molecule has 0 spiro atoms. The second-order valence-corrected chi connectivity index (χ2v) is 7.66. The van der Waals surface area contributed by atoms with Crippen LogP contribution in [0.3, 0.4) is 0 Å². The van der Waals surface area contributed by atoms with Crippen molar-refractivity contribution in [2.24, 2.45) is 0 Å². The van der Waals surface area contributed by atoms with Gasteiger partial charge in [0.2, 0.25) is 0 Å². The molecule has 1 unspecified atom stereocenters. The Labute approximate surface area is 163 Å². The number of rotatable bonds is 5. The molecule has 8 heteroatoms. The van der Waals surface area contributed by atoms with Crippen molar-refractivity contribution in [1.29, 1.82) is 0 Å². The van der Waals surface area contributed by atoms with E-state index < -0.39 is 16.8 Å².